The molecule has 0 spiro atoms. The molecule has 26 heavy (non-hydrogen) atoms. The highest BCUT2D eigenvalue weighted by Gasteiger charge is 2.09. The van der Waals surface area contributed by atoms with Crippen LogP contribution in [0.4, 0.5) is 5.82 Å². The van der Waals surface area contributed by atoms with Gasteiger partial charge >= 0.3 is 0 Å². The predicted octanol–water partition coefficient (Wildman–Crippen LogP) is 3.33. The minimum Gasteiger partial charge on any atom is -0.369 e. The number of aromatic nitrogens is 2. The Kier molecular flexibility index (Phi) is 6.18. The molecule has 0 atom stereocenters. The van der Waals surface area contributed by atoms with Gasteiger partial charge in [-0.3, -0.25) is 0 Å². The topological polar surface area (TPSA) is 42.2 Å². The van der Waals surface area contributed by atoms with Crippen molar-refractivity contribution in [1.82, 2.24) is 9.97 Å². The van der Waals surface area contributed by atoms with Crippen molar-refractivity contribution in [3.05, 3.63) is 54.1 Å². The molecule has 0 fully saturated rings. The maximum atomic E-state index is 4.83. The molecule has 0 saturated carbocycles. The van der Waals surface area contributed by atoms with Crippen LogP contribution in [0.15, 0.2) is 48.5 Å². The second-order valence-corrected chi connectivity index (χ2v) is 6.77. The van der Waals surface area contributed by atoms with Gasteiger partial charge in [-0.05, 0) is 32.9 Å². The number of hydrogen-bond donors (Lipinski definition) is 2. The minimum atomic E-state index is 0.778. The van der Waals surface area contributed by atoms with E-state index in [4.69, 9.17) is 9.97 Å². The molecule has 0 saturated heterocycles. The number of nitrogens with zero attached hydrogens (tertiary/aromatic N) is 2. The summed E-state index contributed by atoms with van der Waals surface area (Å²) < 4.78 is 0. The van der Waals surface area contributed by atoms with Gasteiger partial charge in [0.1, 0.15) is 5.82 Å². The molecule has 0 aliphatic rings. The SMILES string of the molecule is CC[NH+](CC)CCCNc1nc(-c2ccc(C)cc2)nc2ccccc12. The third-order valence-corrected chi connectivity index (χ3v) is 4.91. The highest BCUT2D eigenvalue weighted by Crippen LogP contribution is 2.25. The Morgan fingerprint density at radius 2 is 1.65 bits per heavy atom. The van der Waals surface area contributed by atoms with Crippen LogP contribution in [0.1, 0.15) is 25.8 Å². The summed E-state index contributed by atoms with van der Waals surface area (Å²) in [5.41, 5.74) is 3.28. The molecule has 0 amide bonds. The molecular weight excluding hydrogens is 320 g/mol. The van der Waals surface area contributed by atoms with Crippen molar-refractivity contribution in [2.45, 2.75) is 27.2 Å². The van der Waals surface area contributed by atoms with Crippen LogP contribution in [0.2, 0.25) is 0 Å². The number of hydrogen-bond acceptors (Lipinski definition) is 3. The fourth-order valence-electron chi connectivity index (χ4n) is 3.19. The number of fused-ring (bicyclic) bond motifs is 1. The van der Waals surface area contributed by atoms with Gasteiger partial charge in [-0.25, -0.2) is 9.97 Å². The Bertz CT molecular complexity index is 838. The highest BCUT2D eigenvalue weighted by molar-refractivity contribution is 5.90. The van der Waals surface area contributed by atoms with Crippen LogP contribution in [-0.2, 0) is 0 Å². The monoisotopic (exact) mass is 349 g/mol. The van der Waals surface area contributed by atoms with Crippen LogP contribution in [0.5, 0.6) is 0 Å². The first kappa shape index (κ1) is 18.3. The van der Waals surface area contributed by atoms with E-state index < -0.39 is 0 Å². The van der Waals surface area contributed by atoms with E-state index in [0.717, 1.165) is 41.1 Å². The van der Waals surface area contributed by atoms with Crippen LogP contribution >= 0.6 is 0 Å². The second kappa shape index (κ2) is 8.77. The van der Waals surface area contributed by atoms with E-state index in [1.807, 2.05) is 12.1 Å². The normalized spacial score (nSPS) is 11.2. The van der Waals surface area contributed by atoms with Gasteiger partial charge in [0.05, 0.1) is 25.2 Å². The van der Waals surface area contributed by atoms with Gasteiger partial charge in [0, 0.05) is 23.9 Å². The quantitative estimate of drug-likeness (QED) is 0.613. The average Bonchev–Trinajstić information content (AvgIpc) is 2.68. The molecule has 4 nitrogen and oxygen atoms in total. The van der Waals surface area contributed by atoms with E-state index in [-0.39, 0.29) is 0 Å². The Hall–Kier alpha value is -2.46. The van der Waals surface area contributed by atoms with Crippen LogP contribution in [0, 0.1) is 6.92 Å². The molecular formula is C22H29N4+. The van der Waals surface area contributed by atoms with Crippen molar-refractivity contribution in [2.24, 2.45) is 0 Å². The Balaban J connectivity index is 1.82. The first-order valence-corrected chi connectivity index (χ1v) is 9.62. The molecule has 2 aromatic carbocycles. The lowest BCUT2D eigenvalue weighted by Crippen LogP contribution is -3.11. The standard InChI is InChI=1S/C22H28N4/c1-4-26(5-2)16-8-15-23-22-19-9-6-7-10-20(19)24-21(25-22)18-13-11-17(3)12-14-18/h6-7,9-14H,4-5,8,15-16H2,1-3H3,(H,23,24,25)/p+1. The smallest absolute Gasteiger partial charge is 0.162 e. The molecule has 3 aromatic rings. The molecule has 1 heterocycles. The summed E-state index contributed by atoms with van der Waals surface area (Å²) in [6.45, 7) is 11.1. The lowest BCUT2D eigenvalue weighted by molar-refractivity contribution is -0.896. The fourth-order valence-corrected chi connectivity index (χ4v) is 3.19. The Morgan fingerprint density at radius 3 is 2.38 bits per heavy atom. The van der Waals surface area contributed by atoms with Gasteiger partial charge in [0.15, 0.2) is 5.82 Å². The van der Waals surface area contributed by atoms with Gasteiger partial charge in [0.25, 0.3) is 0 Å². The van der Waals surface area contributed by atoms with Crippen molar-refractivity contribution < 1.29 is 4.90 Å². The average molecular weight is 350 g/mol. The largest absolute Gasteiger partial charge is 0.369 e. The molecule has 0 bridgehead atoms. The summed E-state index contributed by atoms with van der Waals surface area (Å²) >= 11 is 0. The van der Waals surface area contributed by atoms with Gasteiger partial charge in [0.2, 0.25) is 0 Å². The third-order valence-electron chi connectivity index (χ3n) is 4.91. The third kappa shape index (κ3) is 4.38. The number of benzene rings is 2. The van der Waals surface area contributed by atoms with E-state index in [0.29, 0.717) is 0 Å². The first-order chi connectivity index (χ1) is 12.7. The van der Waals surface area contributed by atoms with Crippen molar-refractivity contribution in [3.8, 4) is 11.4 Å². The number of anilines is 1. The summed E-state index contributed by atoms with van der Waals surface area (Å²) in [6.07, 6.45) is 1.13. The van der Waals surface area contributed by atoms with Gasteiger partial charge in [-0.15, -0.1) is 0 Å². The summed E-state index contributed by atoms with van der Waals surface area (Å²) in [7, 11) is 0. The molecule has 0 unspecified atom stereocenters. The number of nitrogens with one attached hydrogen (secondary N) is 2. The highest BCUT2D eigenvalue weighted by atomic mass is 15.1. The molecule has 3 rings (SSSR count). The van der Waals surface area contributed by atoms with Crippen molar-refractivity contribution >= 4 is 16.7 Å². The zero-order valence-corrected chi connectivity index (χ0v) is 16.0. The zero-order valence-electron chi connectivity index (χ0n) is 16.0. The molecule has 2 N–H and O–H groups in total. The Labute approximate surface area is 156 Å². The van der Waals surface area contributed by atoms with E-state index in [2.05, 4.69) is 62.5 Å². The fraction of sp³-hybridized carbons (Fsp3) is 0.364. The van der Waals surface area contributed by atoms with Crippen molar-refractivity contribution in [3.63, 3.8) is 0 Å². The first-order valence-electron chi connectivity index (χ1n) is 9.62. The maximum absolute atomic E-state index is 4.83. The van der Waals surface area contributed by atoms with Crippen LogP contribution in [0.3, 0.4) is 0 Å². The summed E-state index contributed by atoms with van der Waals surface area (Å²) in [6, 6.07) is 16.6. The number of aryl methyl sites for hydroxylation is 1. The van der Waals surface area contributed by atoms with E-state index >= 15 is 0 Å². The number of quaternary nitrogens is 1. The van der Waals surface area contributed by atoms with Crippen molar-refractivity contribution in [2.75, 3.05) is 31.5 Å². The Morgan fingerprint density at radius 1 is 0.923 bits per heavy atom. The molecule has 0 aliphatic heterocycles. The van der Waals surface area contributed by atoms with Gasteiger partial charge in [-0.1, -0.05) is 42.0 Å². The van der Waals surface area contributed by atoms with E-state index in [9.17, 15) is 0 Å². The lowest BCUT2D eigenvalue weighted by Gasteiger charge is -2.16. The summed E-state index contributed by atoms with van der Waals surface area (Å²) in [4.78, 5) is 11.2. The van der Waals surface area contributed by atoms with Crippen LogP contribution < -0.4 is 10.2 Å². The van der Waals surface area contributed by atoms with E-state index in [1.54, 1.807) is 4.90 Å². The number of para-hydroxylation sites is 1. The second-order valence-electron chi connectivity index (χ2n) is 6.77. The summed E-state index contributed by atoms with van der Waals surface area (Å²) in [5, 5.41) is 4.63. The van der Waals surface area contributed by atoms with Crippen LogP contribution in [-0.4, -0.2) is 36.1 Å². The number of rotatable bonds is 8. The molecule has 0 radical (unpaired) electrons. The van der Waals surface area contributed by atoms with Crippen LogP contribution in [0.25, 0.3) is 22.3 Å². The molecule has 4 heteroatoms. The zero-order chi connectivity index (χ0) is 18.4. The van der Waals surface area contributed by atoms with E-state index in [1.165, 1.54) is 25.2 Å². The summed E-state index contributed by atoms with van der Waals surface area (Å²) in [5.74, 6) is 1.71. The lowest BCUT2D eigenvalue weighted by atomic mass is 10.1. The molecule has 1 aromatic heterocycles. The van der Waals surface area contributed by atoms with Gasteiger partial charge < -0.3 is 10.2 Å². The van der Waals surface area contributed by atoms with Crippen molar-refractivity contribution in [1.29, 1.82) is 0 Å². The predicted molar refractivity (Wildman–Crippen MR) is 110 cm³/mol. The molecule has 0 aliphatic carbocycles. The van der Waals surface area contributed by atoms with Gasteiger partial charge in [-0.2, -0.15) is 0 Å². The maximum Gasteiger partial charge on any atom is 0.162 e. The minimum absolute atomic E-state index is 0.778. The molecule has 136 valence electrons.